The Kier molecular flexibility index (Phi) is 2.64. The average molecular weight is 296 g/mol. The molecule has 112 valence electrons. The van der Waals surface area contributed by atoms with Crippen molar-refractivity contribution in [2.75, 3.05) is 14.2 Å². The third-order valence-corrected chi connectivity index (χ3v) is 4.98. The zero-order valence-electron chi connectivity index (χ0n) is 12.4. The maximum absolute atomic E-state index is 13.0. The van der Waals surface area contributed by atoms with Gasteiger partial charge in [0.1, 0.15) is 11.5 Å². The van der Waals surface area contributed by atoms with Gasteiger partial charge in [0.15, 0.2) is 5.78 Å². The number of rotatable bonds is 2. The first-order chi connectivity index (χ1) is 10.6. The van der Waals surface area contributed by atoms with E-state index in [2.05, 4.69) is 0 Å². The molecule has 0 aromatic heterocycles. The molecule has 0 spiro atoms. The smallest absolute Gasteiger partial charge is 0.208 e. The molecule has 1 N–H and O–H groups in total. The fourth-order valence-electron chi connectivity index (χ4n) is 4.09. The zero-order chi connectivity index (χ0) is 15.5. The van der Waals surface area contributed by atoms with E-state index in [1.165, 1.54) is 14.2 Å². The number of fused-ring (bicyclic) bond motifs is 5. The van der Waals surface area contributed by atoms with Gasteiger partial charge in [-0.05, 0) is 11.1 Å². The maximum atomic E-state index is 13.0. The number of ether oxygens (including phenoxy) is 2. The topological polar surface area (TPSA) is 55.8 Å². The molecule has 2 aliphatic rings. The molecule has 2 aromatic rings. The molecule has 2 aliphatic carbocycles. The molecule has 4 nitrogen and oxygen atoms in total. The molecule has 0 amide bonds. The predicted octanol–water partition coefficient (Wildman–Crippen LogP) is 2.19. The molecule has 22 heavy (non-hydrogen) atoms. The van der Waals surface area contributed by atoms with E-state index < -0.39 is 17.3 Å². The third kappa shape index (κ3) is 1.27. The van der Waals surface area contributed by atoms with Gasteiger partial charge in [0.2, 0.25) is 5.79 Å². The van der Waals surface area contributed by atoms with E-state index in [4.69, 9.17) is 9.47 Å². The molecule has 0 heterocycles. The Labute approximate surface area is 128 Å². The molecule has 0 aliphatic heterocycles. The van der Waals surface area contributed by atoms with Gasteiger partial charge in [-0.25, -0.2) is 0 Å². The van der Waals surface area contributed by atoms with Crippen molar-refractivity contribution in [3.05, 3.63) is 70.8 Å². The first-order valence-electron chi connectivity index (χ1n) is 7.17. The van der Waals surface area contributed by atoms with E-state index in [1.54, 1.807) is 18.2 Å². The minimum Gasteiger partial charge on any atom is -0.379 e. The van der Waals surface area contributed by atoms with Crippen molar-refractivity contribution in [3.63, 3.8) is 0 Å². The lowest BCUT2D eigenvalue weighted by Gasteiger charge is -2.34. The molecule has 0 saturated heterocycles. The van der Waals surface area contributed by atoms with Crippen LogP contribution in [0.4, 0.5) is 0 Å². The second-order valence-electron chi connectivity index (χ2n) is 5.73. The lowest BCUT2D eigenvalue weighted by molar-refractivity contribution is -0.250. The number of hydrogen-bond donors (Lipinski definition) is 1. The molecule has 4 rings (SSSR count). The Morgan fingerprint density at radius 3 is 2.09 bits per heavy atom. The number of carbonyl (C=O) groups excluding carboxylic acids is 1. The number of carbonyl (C=O) groups is 1. The Morgan fingerprint density at radius 2 is 1.45 bits per heavy atom. The molecule has 2 unspecified atom stereocenters. The lowest BCUT2D eigenvalue weighted by Crippen LogP contribution is -2.44. The molecular weight excluding hydrogens is 280 g/mol. The van der Waals surface area contributed by atoms with Gasteiger partial charge in [0, 0.05) is 25.3 Å². The summed E-state index contributed by atoms with van der Waals surface area (Å²) in [5.74, 6) is -2.27. The van der Waals surface area contributed by atoms with Gasteiger partial charge in [-0.2, -0.15) is 0 Å². The Hall–Kier alpha value is -2.01. The normalized spacial score (nSPS) is 27.4. The second-order valence-corrected chi connectivity index (χ2v) is 5.73. The van der Waals surface area contributed by atoms with Crippen LogP contribution in [0.5, 0.6) is 0 Å². The summed E-state index contributed by atoms with van der Waals surface area (Å²) < 4.78 is 11.3. The summed E-state index contributed by atoms with van der Waals surface area (Å²) in [5, 5.41) is 11.5. The van der Waals surface area contributed by atoms with Gasteiger partial charge in [-0.3, -0.25) is 4.79 Å². The highest BCUT2D eigenvalue weighted by molar-refractivity contribution is 6.06. The fourth-order valence-corrected chi connectivity index (χ4v) is 4.09. The van der Waals surface area contributed by atoms with Crippen molar-refractivity contribution in [3.8, 4) is 0 Å². The summed E-state index contributed by atoms with van der Waals surface area (Å²) in [6.45, 7) is 0. The number of methoxy groups -OCH3 is 2. The number of Topliss-reactive ketones (excluding diaryl/α,β-unsaturated/α-hetero) is 1. The highest BCUT2D eigenvalue weighted by atomic mass is 16.7. The Balaban J connectivity index is 2.12. The molecule has 4 heteroatoms. The van der Waals surface area contributed by atoms with Gasteiger partial charge in [0.25, 0.3) is 0 Å². The van der Waals surface area contributed by atoms with Crippen LogP contribution in [0, 0.1) is 5.92 Å². The van der Waals surface area contributed by atoms with Crippen molar-refractivity contribution >= 4 is 5.78 Å². The number of benzene rings is 2. The van der Waals surface area contributed by atoms with Crippen LogP contribution < -0.4 is 0 Å². The van der Waals surface area contributed by atoms with Crippen molar-refractivity contribution in [1.82, 2.24) is 0 Å². The van der Waals surface area contributed by atoms with Gasteiger partial charge in [-0.15, -0.1) is 0 Å². The predicted molar refractivity (Wildman–Crippen MR) is 79.4 cm³/mol. The monoisotopic (exact) mass is 296 g/mol. The van der Waals surface area contributed by atoms with Crippen molar-refractivity contribution < 1.29 is 19.4 Å². The minimum atomic E-state index is -1.42. The fraction of sp³-hybridized carbons (Fsp3) is 0.278. The minimum absolute atomic E-state index is 0.155. The molecular formula is C18H16O4. The van der Waals surface area contributed by atoms with E-state index in [0.717, 1.165) is 0 Å². The van der Waals surface area contributed by atoms with Crippen molar-refractivity contribution in [2.45, 2.75) is 11.4 Å². The van der Waals surface area contributed by atoms with E-state index >= 15 is 0 Å². The van der Waals surface area contributed by atoms with E-state index in [9.17, 15) is 9.90 Å². The molecule has 0 saturated carbocycles. The first kappa shape index (κ1) is 13.6. The quantitative estimate of drug-likeness (QED) is 0.863. The van der Waals surface area contributed by atoms with Gasteiger partial charge < -0.3 is 14.6 Å². The van der Waals surface area contributed by atoms with Crippen molar-refractivity contribution in [2.24, 2.45) is 5.92 Å². The Morgan fingerprint density at radius 1 is 0.909 bits per heavy atom. The number of aliphatic hydroxyl groups is 1. The Bertz CT molecular complexity index is 778. The average Bonchev–Trinajstić information content (AvgIpc) is 2.94. The molecule has 0 radical (unpaired) electrons. The van der Waals surface area contributed by atoms with E-state index in [-0.39, 0.29) is 5.78 Å². The number of ketones is 1. The summed E-state index contributed by atoms with van der Waals surface area (Å²) in [4.78, 5) is 13.0. The maximum Gasteiger partial charge on any atom is 0.208 e. The van der Waals surface area contributed by atoms with Crippen LogP contribution >= 0.6 is 0 Å². The molecule has 0 fully saturated rings. The van der Waals surface area contributed by atoms with Gasteiger partial charge in [0.05, 0.1) is 0 Å². The summed E-state index contributed by atoms with van der Waals surface area (Å²) in [5.41, 5.74) is 1.10. The molecule has 2 aromatic carbocycles. The van der Waals surface area contributed by atoms with E-state index in [0.29, 0.717) is 22.3 Å². The molecule has 0 bridgehead atoms. The van der Waals surface area contributed by atoms with Crippen LogP contribution in [0.2, 0.25) is 0 Å². The van der Waals surface area contributed by atoms with Crippen LogP contribution in [-0.4, -0.2) is 25.1 Å². The summed E-state index contributed by atoms with van der Waals surface area (Å²) >= 11 is 0. The second kappa shape index (κ2) is 4.26. The number of hydrogen-bond acceptors (Lipinski definition) is 4. The summed E-state index contributed by atoms with van der Waals surface area (Å²) in [6.07, 6.45) is 0. The highest BCUT2D eigenvalue weighted by Gasteiger charge is 2.68. The van der Waals surface area contributed by atoms with Gasteiger partial charge >= 0.3 is 0 Å². The highest BCUT2D eigenvalue weighted by Crippen LogP contribution is 2.61. The van der Waals surface area contributed by atoms with Crippen LogP contribution in [0.1, 0.15) is 27.0 Å². The van der Waals surface area contributed by atoms with Crippen LogP contribution in [0.25, 0.3) is 0 Å². The van der Waals surface area contributed by atoms with Crippen LogP contribution in [0.15, 0.2) is 48.5 Å². The lowest BCUT2D eigenvalue weighted by atomic mass is 9.85. The molecule has 2 atom stereocenters. The first-order valence-corrected chi connectivity index (χ1v) is 7.17. The van der Waals surface area contributed by atoms with Crippen molar-refractivity contribution in [1.29, 1.82) is 0 Å². The summed E-state index contributed by atoms with van der Waals surface area (Å²) in [7, 11) is 3.00. The zero-order valence-corrected chi connectivity index (χ0v) is 12.4. The third-order valence-electron chi connectivity index (χ3n) is 4.98. The van der Waals surface area contributed by atoms with Crippen LogP contribution in [0.3, 0.4) is 0 Å². The summed E-state index contributed by atoms with van der Waals surface area (Å²) in [6, 6.07) is 14.5. The largest absolute Gasteiger partial charge is 0.379 e. The van der Waals surface area contributed by atoms with Gasteiger partial charge in [-0.1, -0.05) is 48.5 Å². The SMILES string of the molecule is COC1(OC)c2ccccc2C2(O)c3ccccc3C(=O)C12. The van der Waals surface area contributed by atoms with E-state index in [1.807, 2.05) is 30.3 Å². The van der Waals surface area contributed by atoms with Crippen LogP contribution in [-0.2, 0) is 20.9 Å². The standard InChI is InChI=1S/C18H16O4/c1-21-18(22-2)14-10-6-5-9-13(14)17(20)12-8-4-3-7-11(12)15(19)16(17)18/h3-10,16,20H,1-2H3.